The van der Waals surface area contributed by atoms with Crippen LogP contribution in [0.3, 0.4) is 0 Å². The van der Waals surface area contributed by atoms with Gasteiger partial charge in [-0.3, -0.25) is 4.79 Å². The molecule has 1 aromatic carbocycles. The van der Waals surface area contributed by atoms with Crippen molar-refractivity contribution in [3.63, 3.8) is 0 Å². The van der Waals surface area contributed by atoms with Crippen LogP contribution in [0.1, 0.15) is 49.9 Å². The molecule has 5 heteroatoms. The van der Waals surface area contributed by atoms with Crippen molar-refractivity contribution in [1.82, 2.24) is 4.90 Å². The van der Waals surface area contributed by atoms with Gasteiger partial charge in [-0.1, -0.05) is 25.3 Å². The Balaban J connectivity index is 1.82. The first-order valence-electron chi connectivity index (χ1n) is 9.29. The highest BCUT2D eigenvalue weighted by molar-refractivity contribution is 7.10. The number of hydrogen-bond donors (Lipinski definition) is 1. The van der Waals surface area contributed by atoms with E-state index in [2.05, 4.69) is 23.7 Å². The van der Waals surface area contributed by atoms with Gasteiger partial charge in [-0.15, -0.1) is 11.3 Å². The molecule has 1 aliphatic rings. The summed E-state index contributed by atoms with van der Waals surface area (Å²) < 4.78 is 5.24. The third-order valence-corrected chi connectivity index (χ3v) is 6.49. The Labute approximate surface area is 160 Å². The van der Waals surface area contributed by atoms with E-state index in [4.69, 9.17) is 4.74 Å². The second-order valence-corrected chi connectivity index (χ2v) is 8.08. The van der Waals surface area contributed by atoms with Gasteiger partial charge in [-0.2, -0.15) is 0 Å². The molecule has 1 amide bonds. The van der Waals surface area contributed by atoms with E-state index in [0.29, 0.717) is 0 Å². The van der Waals surface area contributed by atoms with Gasteiger partial charge in [-0.05, 0) is 55.5 Å². The summed E-state index contributed by atoms with van der Waals surface area (Å²) in [6, 6.07) is 12.1. The fourth-order valence-corrected chi connectivity index (χ4v) is 4.56. The number of nitrogens with one attached hydrogen (secondary N) is 1. The molecule has 1 unspecified atom stereocenters. The van der Waals surface area contributed by atoms with E-state index in [1.54, 1.807) is 18.4 Å². The Bertz CT molecular complexity index is 706. The van der Waals surface area contributed by atoms with Gasteiger partial charge in [-0.25, -0.2) is 0 Å². The smallest absolute Gasteiger partial charge is 0.248 e. The predicted molar refractivity (Wildman–Crippen MR) is 108 cm³/mol. The Morgan fingerprint density at radius 1 is 1.19 bits per heavy atom. The zero-order valence-corrected chi connectivity index (χ0v) is 16.6. The highest BCUT2D eigenvalue weighted by Crippen LogP contribution is 2.36. The molecule has 26 heavy (non-hydrogen) atoms. The van der Waals surface area contributed by atoms with Gasteiger partial charge in [0.25, 0.3) is 0 Å². The molecular formula is C21H28N2O2S. The van der Waals surface area contributed by atoms with Gasteiger partial charge in [0.05, 0.1) is 13.2 Å². The van der Waals surface area contributed by atoms with E-state index in [1.165, 1.54) is 11.3 Å². The van der Waals surface area contributed by atoms with Crippen LogP contribution in [0.2, 0.25) is 0 Å². The molecule has 1 atom stereocenters. The van der Waals surface area contributed by atoms with E-state index in [-0.39, 0.29) is 11.9 Å². The Morgan fingerprint density at radius 3 is 2.46 bits per heavy atom. The van der Waals surface area contributed by atoms with Gasteiger partial charge < -0.3 is 15.0 Å². The van der Waals surface area contributed by atoms with Crippen molar-refractivity contribution < 1.29 is 9.53 Å². The second kappa shape index (κ2) is 8.12. The molecule has 140 valence electrons. The molecular weight excluding hydrogens is 344 g/mol. The predicted octanol–water partition coefficient (Wildman–Crippen LogP) is 5.09. The minimum Gasteiger partial charge on any atom is -0.497 e. The number of methoxy groups -OCH3 is 1. The molecule has 1 aliphatic carbocycles. The van der Waals surface area contributed by atoms with Crippen LogP contribution in [-0.2, 0) is 4.79 Å². The lowest BCUT2D eigenvalue weighted by Crippen LogP contribution is -2.54. The monoisotopic (exact) mass is 372 g/mol. The number of hydrogen-bond acceptors (Lipinski definition) is 4. The van der Waals surface area contributed by atoms with Crippen molar-refractivity contribution in [3.8, 4) is 5.75 Å². The zero-order chi connectivity index (χ0) is 18.6. The summed E-state index contributed by atoms with van der Waals surface area (Å²) in [7, 11) is 3.59. The number of anilines is 1. The van der Waals surface area contributed by atoms with Gasteiger partial charge in [0.15, 0.2) is 0 Å². The number of ether oxygens (including phenoxy) is 1. The molecule has 1 saturated carbocycles. The van der Waals surface area contributed by atoms with Crippen molar-refractivity contribution >= 4 is 22.9 Å². The topological polar surface area (TPSA) is 41.6 Å². The van der Waals surface area contributed by atoms with Crippen LogP contribution >= 0.6 is 11.3 Å². The van der Waals surface area contributed by atoms with Crippen LogP contribution < -0.4 is 10.1 Å². The molecule has 2 aromatic rings. The number of benzene rings is 1. The number of nitrogens with zero attached hydrogens (tertiary/aromatic N) is 1. The molecule has 0 bridgehead atoms. The van der Waals surface area contributed by atoms with E-state index in [1.807, 2.05) is 42.3 Å². The number of rotatable bonds is 6. The highest BCUT2D eigenvalue weighted by Gasteiger charge is 2.42. The molecule has 0 aliphatic heterocycles. The Morgan fingerprint density at radius 2 is 1.88 bits per heavy atom. The molecule has 0 spiro atoms. The van der Waals surface area contributed by atoms with E-state index < -0.39 is 5.54 Å². The van der Waals surface area contributed by atoms with Crippen LogP contribution in [-0.4, -0.2) is 30.5 Å². The van der Waals surface area contributed by atoms with Crippen molar-refractivity contribution in [2.24, 2.45) is 0 Å². The summed E-state index contributed by atoms with van der Waals surface area (Å²) in [5.41, 5.74) is 0.450. The first kappa shape index (κ1) is 18.8. The fraction of sp³-hybridized carbons (Fsp3) is 0.476. The van der Waals surface area contributed by atoms with Crippen LogP contribution in [0.4, 0.5) is 5.69 Å². The standard InChI is InChI=1S/C21H28N2O2S/c1-16(19-8-7-15-26-19)23(2)20(24)21(13-5-4-6-14-21)22-17-9-11-18(25-3)12-10-17/h7-12,15-16,22H,4-6,13-14H2,1-3H3. The zero-order valence-electron chi connectivity index (χ0n) is 15.8. The van der Waals surface area contributed by atoms with Crippen molar-refractivity contribution in [1.29, 1.82) is 0 Å². The maximum absolute atomic E-state index is 13.5. The molecule has 1 heterocycles. The van der Waals surface area contributed by atoms with E-state index in [9.17, 15) is 4.79 Å². The lowest BCUT2D eigenvalue weighted by Gasteiger charge is -2.41. The number of carbonyl (C=O) groups is 1. The van der Waals surface area contributed by atoms with Gasteiger partial charge in [0.1, 0.15) is 11.3 Å². The Hall–Kier alpha value is -2.01. The number of carbonyl (C=O) groups excluding carboxylic acids is 1. The van der Waals surface area contributed by atoms with Crippen LogP contribution in [0.5, 0.6) is 5.75 Å². The van der Waals surface area contributed by atoms with Crippen molar-refractivity contribution in [2.75, 3.05) is 19.5 Å². The Kier molecular flexibility index (Phi) is 5.87. The van der Waals surface area contributed by atoms with Gasteiger partial charge in [0, 0.05) is 17.6 Å². The normalized spacial score (nSPS) is 17.3. The summed E-state index contributed by atoms with van der Waals surface area (Å²) in [4.78, 5) is 16.7. The fourth-order valence-electron chi connectivity index (χ4n) is 3.73. The average Bonchev–Trinajstić information content (AvgIpc) is 3.22. The molecule has 1 N–H and O–H groups in total. The first-order valence-corrected chi connectivity index (χ1v) is 10.2. The molecule has 0 radical (unpaired) electrons. The molecule has 3 rings (SSSR count). The van der Waals surface area contributed by atoms with E-state index >= 15 is 0 Å². The SMILES string of the molecule is COc1ccc(NC2(C(=O)N(C)C(C)c3cccs3)CCCCC2)cc1. The second-order valence-electron chi connectivity index (χ2n) is 7.10. The maximum Gasteiger partial charge on any atom is 0.248 e. The number of amides is 1. The molecule has 1 aromatic heterocycles. The van der Waals surface area contributed by atoms with Gasteiger partial charge >= 0.3 is 0 Å². The van der Waals surface area contributed by atoms with Crippen molar-refractivity contribution in [3.05, 3.63) is 46.7 Å². The largest absolute Gasteiger partial charge is 0.497 e. The van der Waals surface area contributed by atoms with Crippen LogP contribution in [0, 0.1) is 0 Å². The summed E-state index contributed by atoms with van der Waals surface area (Å²) in [5.74, 6) is 1.01. The third kappa shape index (κ3) is 3.88. The summed E-state index contributed by atoms with van der Waals surface area (Å²) >= 11 is 1.70. The quantitative estimate of drug-likeness (QED) is 0.768. The van der Waals surface area contributed by atoms with E-state index in [0.717, 1.165) is 37.1 Å². The number of thiophene rings is 1. The highest BCUT2D eigenvalue weighted by atomic mass is 32.1. The average molecular weight is 373 g/mol. The minimum atomic E-state index is -0.521. The molecule has 0 saturated heterocycles. The lowest BCUT2D eigenvalue weighted by atomic mass is 9.80. The lowest BCUT2D eigenvalue weighted by molar-refractivity contribution is -0.137. The number of likely N-dealkylation sites (N-methyl/N-ethyl adjacent to an activating group) is 1. The maximum atomic E-state index is 13.5. The van der Waals surface area contributed by atoms with Gasteiger partial charge in [0.2, 0.25) is 5.91 Å². The summed E-state index contributed by atoms with van der Waals surface area (Å²) in [6.45, 7) is 2.10. The van der Waals surface area contributed by atoms with Crippen LogP contribution in [0.15, 0.2) is 41.8 Å². The van der Waals surface area contributed by atoms with Crippen LogP contribution in [0.25, 0.3) is 0 Å². The minimum absolute atomic E-state index is 0.0824. The summed E-state index contributed by atoms with van der Waals surface area (Å²) in [5, 5.41) is 5.65. The molecule has 1 fully saturated rings. The summed E-state index contributed by atoms with van der Waals surface area (Å²) in [6.07, 6.45) is 5.11. The van der Waals surface area contributed by atoms with Crippen molar-refractivity contribution in [2.45, 2.75) is 50.6 Å². The first-order chi connectivity index (χ1) is 12.6. The molecule has 4 nitrogen and oxygen atoms in total. The third-order valence-electron chi connectivity index (χ3n) is 5.45.